The van der Waals surface area contributed by atoms with Gasteiger partial charge in [-0.1, -0.05) is 26.0 Å². The van der Waals surface area contributed by atoms with Gasteiger partial charge in [-0.25, -0.2) is 0 Å². The first-order valence-corrected chi connectivity index (χ1v) is 6.18. The van der Waals surface area contributed by atoms with E-state index >= 15 is 0 Å². The van der Waals surface area contributed by atoms with Crippen LogP contribution in [-0.4, -0.2) is 13.1 Å². The zero-order chi connectivity index (χ0) is 11.7. The Balaban J connectivity index is 2.11. The molecule has 1 aliphatic rings. The summed E-state index contributed by atoms with van der Waals surface area (Å²) in [5, 5.41) is 0. The van der Waals surface area contributed by atoms with Gasteiger partial charge in [0.05, 0.1) is 0 Å². The molecule has 0 radical (unpaired) electrons. The first-order valence-electron chi connectivity index (χ1n) is 6.18. The van der Waals surface area contributed by atoms with E-state index < -0.39 is 0 Å². The van der Waals surface area contributed by atoms with Crippen LogP contribution in [0.1, 0.15) is 32.4 Å². The molecule has 2 heteroatoms. The van der Waals surface area contributed by atoms with Crippen molar-refractivity contribution >= 4 is 5.69 Å². The van der Waals surface area contributed by atoms with Crippen molar-refractivity contribution in [1.82, 2.24) is 0 Å². The second kappa shape index (κ2) is 4.46. The molecule has 1 fully saturated rings. The maximum Gasteiger partial charge on any atom is 0.0366 e. The second-order valence-corrected chi connectivity index (χ2v) is 5.24. The Labute approximate surface area is 98.4 Å². The van der Waals surface area contributed by atoms with Crippen molar-refractivity contribution in [3.63, 3.8) is 0 Å². The van der Waals surface area contributed by atoms with Gasteiger partial charge < -0.3 is 10.6 Å². The molecule has 88 valence electrons. The fourth-order valence-corrected chi connectivity index (χ4v) is 2.33. The van der Waals surface area contributed by atoms with Crippen LogP contribution in [0, 0.1) is 11.8 Å². The van der Waals surface area contributed by atoms with Crippen LogP contribution in [-0.2, 0) is 0 Å². The lowest BCUT2D eigenvalue weighted by Crippen LogP contribution is -2.19. The van der Waals surface area contributed by atoms with Gasteiger partial charge in [0, 0.05) is 24.8 Å². The highest BCUT2D eigenvalue weighted by Gasteiger charge is 2.25. The molecule has 16 heavy (non-hydrogen) atoms. The number of nitrogens with zero attached hydrogens (tertiary/aromatic N) is 1. The third-order valence-electron chi connectivity index (χ3n) is 3.77. The van der Waals surface area contributed by atoms with E-state index in [9.17, 15) is 0 Å². The third kappa shape index (κ3) is 2.22. The zero-order valence-electron chi connectivity index (χ0n) is 10.5. The van der Waals surface area contributed by atoms with Crippen molar-refractivity contribution in [2.45, 2.75) is 26.8 Å². The van der Waals surface area contributed by atoms with Crippen molar-refractivity contribution in [3.05, 3.63) is 29.8 Å². The molecule has 1 heterocycles. The van der Waals surface area contributed by atoms with Crippen LogP contribution >= 0.6 is 0 Å². The van der Waals surface area contributed by atoms with Crippen LogP contribution in [0.4, 0.5) is 5.69 Å². The van der Waals surface area contributed by atoms with Gasteiger partial charge in [-0.15, -0.1) is 0 Å². The molecule has 2 rings (SSSR count). The topological polar surface area (TPSA) is 29.3 Å². The number of hydrogen-bond acceptors (Lipinski definition) is 2. The molecule has 2 N–H and O–H groups in total. The van der Waals surface area contributed by atoms with E-state index in [2.05, 4.69) is 43.0 Å². The molecule has 0 amide bonds. The van der Waals surface area contributed by atoms with Crippen LogP contribution in [0.25, 0.3) is 0 Å². The summed E-state index contributed by atoms with van der Waals surface area (Å²) in [7, 11) is 0. The summed E-state index contributed by atoms with van der Waals surface area (Å²) in [6.45, 7) is 9.05. The van der Waals surface area contributed by atoms with Gasteiger partial charge in [-0.05, 0) is 36.5 Å². The molecule has 2 nitrogen and oxygen atoms in total. The average Bonchev–Trinajstić information content (AvgIpc) is 2.59. The molecule has 3 atom stereocenters. The first-order chi connectivity index (χ1) is 7.58. The van der Waals surface area contributed by atoms with Gasteiger partial charge in [-0.2, -0.15) is 0 Å². The second-order valence-electron chi connectivity index (χ2n) is 5.24. The highest BCUT2D eigenvalue weighted by atomic mass is 15.2. The van der Waals surface area contributed by atoms with Crippen LogP contribution in [0.5, 0.6) is 0 Å². The Morgan fingerprint density at radius 1 is 1.12 bits per heavy atom. The van der Waals surface area contributed by atoms with Crippen LogP contribution < -0.4 is 10.6 Å². The molecule has 1 aromatic rings. The van der Waals surface area contributed by atoms with Crippen molar-refractivity contribution in [2.24, 2.45) is 17.6 Å². The summed E-state index contributed by atoms with van der Waals surface area (Å²) < 4.78 is 0. The van der Waals surface area contributed by atoms with Gasteiger partial charge in [0.1, 0.15) is 0 Å². The van der Waals surface area contributed by atoms with Crippen LogP contribution in [0.3, 0.4) is 0 Å². The Morgan fingerprint density at radius 3 is 2.06 bits per heavy atom. The summed E-state index contributed by atoms with van der Waals surface area (Å²) in [6, 6.07) is 8.82. The van der Waals surface area contributed by atoms with Gasteiger partial charge in [0.2, 0.25) is 0 Å². The summed E-state index contributed by atoms with van der Waals surface area (Å²) in [5.41, 5.74) is 8.39. The van der Waals surface area contributed by atoms with E-state index in [4.69, 9.17) is 5.73 Å². The Kier molecular flexibility index (Phi) is 3.20. The van der Waals surface area contributed by atoms with Crippen molar-refractivity contribution in [1.29, 1.82) is 0 Å². The van der Waals surface area contributed by atoms with Gasteiger partial charge >= 0.3 is 0 Å². The lowest BCUT2D eigenvalue weighted by atomic mass is 10.0. The minimum atomic E-state index is 0.130. The predicted molar refractivity (Wildman–Crippen MR) is 69.6 cm³/mol. The predicted octanol–water partition coefficient (Wildman–Crippen LogP) is 2.80. The lowest BCUT2D eigenvalue weighted by Gasteiger charge is -2.19. The van der Waals surface area contributed by atoms with E-state index in [0.29, 0.717) is 0 Å². The summed E-state index contributed by atoms with van der Waals surface area (Å²) in [5.74, 6) is 1.60. The molecule has 0 bridgehead atoms. The molecule has 1 aromatic carbocycles. The monoisotopic (exact) mass is 218 g/mol. The van der Waals surface area contributed by atoms with Crippen LogP contribution in [0.2, 0.25) is 0 Å². The lowest BCUT2D eigenvalue weighted by molar-refractivity contribution is 0.494. The first kappa shape index (κ1) is 11.5. The fourth-order valence-electron chi connectivity index (χ4n) is 2.33. The van der Waals surface area contributed by atoms with Crippen molar-refractivity contribution in [3.8, 4) is 0 Å². The minimum Gasteiger partial charge on any atom is -0.371 e. The van der Waals surface area contributed by atoms with E-state index in [-0.39, 0.29) is 6.04 Å². The van der Waals surface area contributed by atoms with Gasteiger partial charge in [-0.3, -0.25) is 0 Å². The molecular formula is C14H22N2. The molecule has 0 spiro atoms. The standard InChI is InChI=1S/C14H22N2/c1-10-8-16(9-11(10)2)14-6-4-13(5-7-14)12(3)15/h4-7,10-12H,8-9,15H2,1-3H3/t10?,11?,12-/m0/s1. The summed E-state index contributed by atoms with van der Waals surface area (Å²) >= 11 is 0. The quantitative estimate of drug-likeness (QED) is 0.827. The molecule has 0 aromatic heterocycles. The normalized spacial score (nSPS) is 27.1. The number of anilines is 1. The van der Waals surface area contributed by atoms with E-state index in [1.165, 1.54) is 24.3 Å². The number of hydrogen-bond donors (Lipinski definition) is 1. The summed E-state index contributed by atoms with van der Waals surface area (Å²) in [4.78, 5) is 2.47. The van der Waals surface area contributed by atoms with E-state index in [1.54, 1.807) is 0 Å². The van der Waals surface area contributed by atoms with E-state index in [0.717, 1.165) is 11.8 Å². The molecule has 1 saturated heterocycles. The van der Waals surface area contributed by atoms with Crippen molar-refractivity contribution in [2.75, 3.05) is 18.0 Å². The molecule has 0 aliphatic carbocycles. The number of nitrogens with two attached hydrogens (primary N) is 1. The number of benzene rings is 1. The van der Waals surface area contributed by atoms with Crippen molar-refractivity contribution < 1.29 is 0 Å². The Bertz CT molecular complexity index is 332. The SMILES string of the molecule is CC1CN(c2ccc([C@H](C)N)cc2)CC1C. The Morgan fingerprint density at radius 2 is 1.62 bits per heavy atom. The summed E-state index contributed by atoms with van der Waals surface area (Å²) in [6.07, 6.45) is 0. The maximum absolute atomic E-state index is 5.85. The molecule has 0 saturated carbocycles. The largest absolute Gasteiger partial charge is 0.371 e. The third-order valence-corrected chi connectivity index (χ3v) is 3.77. The molecular weight excluding hydrogens is 196 g/mol. The zero-order valence-corrected chi connectivity index (χ0v) is 10.5. The van der Waals surface area contributed by atoms with Crippen LogP contribution in [0.15, 0.2) is 24.3 Å². The average molecular weight is 218 g/mol. The van der Waals surface area contributed by atoms with Gasteiger partial charge in [0.25, 0.3) is 0 Å². The van der Waals surface area contributed by atoms with E-state index in [1.807, 2.05) is 6.92 Å². The fraction of sp³-hybridized carbons (Fsp3) is 0.571. The highest BCUT2D eigenvalue weighted by Crippen LogP contribution is 2.28. The van der Waals surface area contributed by atoms with Gasteiger partial charge in [0.15, 0.2) is 0 Å². The highest BCUT2D eigenvalue weighted by molar-refractivity contribution is 5.49. The molecule has 2 unspecified atom stereocenters. The molecule has 1 aliphatic heterocycles. The Hall–Kier alpha value is -1.02. The smallest absolute Gasteiger partial charge is 0.0366 e. The maximum atomic E-state index is 5.85. The minimum absolute atomic E-state index is 0.130. The number of rotatable bonds is 2.